The highest BCUT2D eigenvalue weighted by atomic mass is 16.4. The van der Waals surface area contributed by atoms with E-state index in [1.807, 2.05) is 0 Å². The fourth-order valence-electron chi connectivity index (χ4n) is 1.68. The van der Waals surface area contributed by atoms with Crippen LogP contribution >= 0.6 is 0 Å². The summed E-state index contributed by atoms with van der Waals surface area (Å²) in [5.74, 6) is -1.22. The van der Waals surface area contributed by atoms with E-state index in [-0.39, 0.29) is 6.04 Å². The molecule has 1 aliphatic heterocycles. The van der Waals surface area contributed by atoms with Gasteiger partial charge in [0.25, 0.3) is 0 Å². The number of carboxylic acid groups (broad SMARTS) is 1. The molecule has 0 aromatic carbocycles. The first kappa shape index (κ1) is 10.5. The van der Waals surface area contributed by atoms with Gasteiger partial charge in [0.15, 0.2) is 0 Å². The fourth-order valence-corrected chi connectivity index (χ4v) is 1.68. The summed E-state index contributed by atoms with van der Waals surface area (Å²) in [6.07, 6.45) is 0. The summed E-state index contributed by atoms with van der Waals surface area (Å²) in [5, 5.41) is 21.1. The van der Waals surface area contributed by atoms with E-state index < -0.39 is 18.9 Å². The number of carbonyl (C=O) groups is 1. The first-order valence-electron chi connectivity index (χ1n) is 4.38. The molecule has 0 saturated carbocycles. The highest BCUT2D eigenvalue weighted by molar-refractivity contribution is 6.45. The van der Waals surface area contributed by atoms with E-state index in [2.05, 4.69) is 5.32 Å². The Balaban J connectivity index is 2.61. The van der Waals surface area contributed by atoms with E-state index in [0.29, 0.717) is 13.1 Å². The van der Waals surface area contributed by atoms with Gasteiger partial charge in [-0.15, -0.1) is 0 Å². The van der Waals surface area contributed by atoms with Crippen LogP contribution in [-0.2, 0) is 4.79 Å². The summed E-state index contributed by atoms with van der Waals surface area (Å²) in [6.45, 7) is 2.65. The van der Waals surface area contributed by atoms with Gasteiger partial charge in [0.05, 0.1) is 5.92 Å². The third-order valence-electron chi connectivity index (χ3n) is 2.56. The molecule has 1 aliphatic rings. The molecule has 3 N–H and O–H groups in total. The van der Waals surface area contributed by atoms with E-state index in [1.165, 1.54) is 0 Å². The van der Waals surface area contributed by atoms with Crippen molar-refractivity contribution in [2.45, 2.75) is 12.9 Å². The van der Waals surface area contributed by atoms with Crippen LogP contribution in [0.25, 0.3) is 0 Å². The number of likely N-dealkylation sites (N-methyl/N-ethyl adjacent to an activating group) is 1. The second-order valence-corrected chi connectivity index (χ2v) is 3.43. The van der Waals surface area contributed by atoms with Crippen molar-refractivity contribution in [3.8, 4) is 0 Å². The van der Waals surface area contributed by atoms with Crippen LogP contribution in [0.1, 0.15) is 0 Å². The lowest BCUT2D eigenvalue weighted by molar-refractivity contribution is -0.141. The molecule has 2 atom stereocenters. The smallest absolute Gasteiger partial charge is 0.376 e. The van der Waals surface area contributed by atoms with E-state index in [0.717, 1.165) is 0 Å². The molecule has 0 radical (unpaired) electrons. The Labute approximate surface area is 77.9 Å². The standard InChI is InChI=1S/C7H15BN2O3/c1-8(13)10-3-5(7(11)12)6(4-10)9-2/h5-6,9,13H,3-4H2,1-2H3,(H,11,12)/t5-,6-/m1/s1. The van der Waals surface area contributed by atoms with Crippen LogP contribution in [-0.4, -0.2) is 54.1 Å². The van der Waals surface area contributed by atoms with Crippen molar-refractivity contribution in [3.63, 3.8) is 0 Å². The summed E-state index contributed by atoms with van der Waals surface area (Å²) in [7, 11) is 1.17. The maximum atomic E-state index is 10.8. The molecule has 0 aliphatic carbocycles. The van der Waals surface area contributed by atoms with Crippen LogP contribution < -0.4 is 5.32 Å². The zero-order chi connectivity index (χ0) is 10.0. The van der Waals surface area contributed by atoms with Gasteiger partial charge in [0.1, 0.15) is 0 Å². The highest BCUT2D eigenvalue weighted by Gasteiger charge is 2.38. The van der Waals surface area contributed by atoms with Gasteiger partial charge in [0.2, 0.25) is 0 Å². The van der Waals surface area contributed by atoms with E-state index >= 15 is 0 Å². The number of hydrogen-bond acceptors (Lipinski definition) is 4. The highest BCUT2D eigenvalue weighted by Crippen LogP contribution is 2.17. The molecule has 0 amide bonds. The van der Waals surface area contributed by atoms with Gasteiger partial charge in [-0.05, 0) is 13.9 Å². The Morgan fingerprint density at radius 3 is 2.54 bits per heavy atom. The van der Waals surface area contributed by atoms with Crippen LogP contribution in [0.5, 0.6) is 0 Å². The predicted molar refractivity (Wildman–Crippen MR) is 49.4 cm³/mol. The van der Waals surface area contributed by atoms with Gasteiger partial charge >= 0.3 is 13.0 Å². The van der Waals surface area contributed by atoms with Crippen molar-refractivity contribution in [2.75, 3.05) is 20.1 Å². The van der Waals surface area contributed by atoms with Gasteiger partial charge in [-0.25, -0.2) is 0 Å². The fraction of sp³-hybridized carbons (Fsp3) is 0.857. The Morgan fingerprint density at radius 1 is 1.62 bits per heavy atom. The predicted octanol–water partition coefficient (Wildman–Crippen LogP) is -1.30. The first-order chi connectivity index (χ1) is 6.06. The largest absolute Gasteiger partial charge is 0.481 e. The van der Waals surface area contributed by atoms with Gasteiger partial charge in [-0.2, -0.15) is 0 Å². The molecule has 0 aromatic heterocycles. The summed E-state index contributed by atoms with van der Waals surface area (Å²) < 4.78 is 0. The number of hydrogen-bond donors (Lipinski definition) is 3. The van der Waals surface area contributed by atoms with Crippen LogP contribution in [0.15, 0.2) is 0 Å². The van der Waals surface area contributed by atoms with Gasteiger partial charge < -0.3 is 20.3 Å². The van der Waals surface area contributed by atoms with E-state index in [1.54, 1.807) is 18.7 Å². The Bertz CT molecular complexity index is 200. The molecule has 1 heterocycles. The van der Waals surface area contributed by atoms with Crippen molar-refractivity contribution >= 4 is 13.0 Å². The molecule has 74 valence electrons. The molecule has 13 heavy (non-hydrogen) atoms. The maximum Gasteiger partial charge on any atom is 0.376 e. The number of nitrogens with one attached hydrogen (secondary N) is 1. The molecule has 0 aromatic rings. The van der Waals surface area contributed by atoms with Crippen LogP contribution in [0.2, 0.25) is 6.82 Å². The van der Waals surface area contributed by atoms with Gasteiger partial charge in [-0.3, -0.25) is 4.79 Å². The van der Waals surface area contributed by atoms with Crippen molar-refractivity contribution in [1.29, 1.82) is 0 Å². The monoisotopic (exact) mass is 186 g/mol. The summed E-state index contributed by atoms with van der Waals surface area (Å²) >= 11 is 0. The van der Waals surface area contributed by atoms with Crippen molar-refractivity contribution < 1.29 is 14.9 Å². The van der Waals surface area contributed by atoms with E-state index in [9.17, 15) is 9.82 Å². The number of carboxylic acids is 1. The molecule has 5 nitrogen and oxygen atoms in total. The normalized spacial score (nSPS) is 29.2. The average Bonchev–Trinajstić information content (AvgIpc) is 2.47. The van der Waals surface area contributed by atoms with Gasteiger partial charge in [0, 0.05) is 19.1 Å². The Hall–Kier alpha value is -0.585. The molecule has 1 saturated heterocycles. The molecule has 1 rings (SSSR count). The molecule has 6 heteroatoms. The Morgan fingerprint density at radius 2 is 2.23 bits per heavy atom. The zero-order valence-electron chi connectivity index (χ0n) is 7.90. The van der Waals surface area contributed by atoms with Crippen molar-refractivity contribution in [2.24, 2.45) is 5.92 Å². The quantitative estimate of drug-likeness (QED) is 0.478. The lowest BCUT2D eigenvalue weighted by Crippen LogP contribution is -2.38. The molecule has 0 unspecified atom stereocenters. The maximum absolute atomic E-state index is 10.8. The minimum atomic E-state index is -0.803. The first-order valence-corrected chi connectivity index (χ1v) is 4.38. The van der Waals surface area contributed by atoms with Crippen LogP contribution in [0.4, 0.5) is 0 Å². The average molecular weight is 186 g/mol. The SMILES string of the molecule is CN[C@@H]1CN(B(C)O)C[C@H]1C(=O)O. The summed E-state index contributed by atoms with van der Waals surface area (Å²) in [6, 6.07) is -0.0629. The summed E-state index contributed by atoms with van der Waals surface area (Å²) in [4.78, 5) is 12.5. The minimum Gasteiger partial charge on any atom is -0.481 e. The van der Waals surface area contributed by atoms with Crippen LogP contribution in [0, 0.1) is 5.92 Å². The molecular weight excluding hydrogens is 171 g/mol. The number of nitrogens with zero attached hydrogens (tertiary/aromatic N) is 1. The van der Waals surface area contributed by atoms with Crippen LogP contribution in [0.3, 0.4) is 0 Å². The second-order valence-electron chi connectivity index (χ2n) is 3.43. The molecule has 1 fully saturated rings. The molecule has 0 spiro atoms. The van der Waals surface area contributed by atoms with Gasteiger partial charge in [-0.1, -0.05) is 0 Å². The molecular formula is C7H15BN2O3. The third-order valence-corrected chi connectivity index (χ3v) is 2.56. The Kier molecular flexibility index (Phi) is 3.30. The second kappa shape index (κ2) is 4.08. The molecule has 0 bridgehead atoms. The minimum absolute atomic E-state index is 0.0629. The lowest BCUT2D eigenvalue weighted by Gasteiger charge is -2.15. The zero-order valence-corrected chi connectivity index (χ0v) is 7.90. The summed E-state index contributed by atoms with van der Waals surface area (Å²) in [5.41, 5.74) is 0. The van der Waals surface area contributed by atoms with E-state index in [4.69, 9.17) is 5.11 Å². The van der Waals surface area contributed by atoms with Crippen molar-refractivity contribution in [1.82, 2.24) is 10.1 Å². The topological polar surface area (TPSA) is 72.8 Å². The number of aliphatic carboxylic acids is 1. The number of rotatable bonds is 3. The van der Waals surface area contributed by atoms with Crippen molar-refractivity contribution in [3.05, 3.63) is 0 Å². The third kappa shape index (κ3) is 2.21. The lowest BCUT2D eigenvalue weighted by atomic mass is 9.86.